The molecule has 0 radical (unpaired) electrons. The van der Waals surface area contributed by atoms with Crippen LogP contribution in [0, 0.1) is 0 Å². The fourth-order valence-corrected chi connectivity index (χ4v) is 1.90. The third-order valence-corrected chi connectivity index (χ3v) is 3.06. The SMILES string of the molecule is CCCCC=C(CCCCCCCC(=O)O)C(=O)O. The number of carbonyl (C=O) groups is 2. The van der Waals surface area contributed by atoms with E-state index in [1.807, 2.05) is 6.08 Å². The summed E-state index contributed by atoms with van der Waals surface area (Å²) in [6.45, 7) is 2.09. The molecular formula is C15H26O4. The summed E-state index contributed by atoms with van der Waals surface area (Å²) < 4.78 is 0. The van der Waals surface area contributed by atoms with Gasteiger partial charge in [0.1, 0.15) is 0 Å². The van der Waals surface area contributed by atoms with E-state index < -0.39 is 11.9 Å². The fraction of sp³-hybridized carbons (Fsp3) is 0.733. The lowest BCUT2D eigenvalue weighted by atomic mass is 10.0. The largest absolute Gasteiger partial charge is 0.481 e. The minimum absolute atomic E-state index is 0.233. The maximum Gasteiger partial charge on any atom is 0.331 e. The minimum Gasteiger partial charge on any atom is -0.481 e. The zero-order valence-electron chi connectivity index (χ0n) is 11.9. The average Bonchev–Trinajstić information content (AvgIpc) is 2.34. The van der Waals surface area contributed by atoms with Crippen LogP contribution in [-0.2, 0) is 9.59 Å². The Bertz CT molecular complexity index is 295. The monoisotopic (exact) mass is 270 g/mol. The van der Waals surface area contributed by atoms with Gasteiger partial charge in [0.25, 0.3) is 0 Å². The van der Waals surface area contributed by atoms with Gasteiger partial charge in [0.15, 0.2) is 0 Å². The molecule has 4 nitrogen and oxygen atoms in total. The second-order valence-electron chi connectivity index (χ2n) is 4.84. The Balaban J connectivity index is 3.67. The number of carboxylic acids is 2. The van der Waals surface area contributed by atoms with Crippen LogP contribution in [0.1, 0.15) is 71.1 Å². The predicted molar refractivity (Wildman–Crippen MR) is 75.2 cm³/mol. The number of hydrogen-bond acceptors (Lipinski definition) is 2. The van der Waals surface area contributed by atoms with E-state index in [-0.39, 0.29) is 6.42 Å². The number of aliphatic carboxylic acids is 2. The van der Waals surface area contributed by atoms with E-state index in [1.165, 1.54) is 0 Å². The van der Waals surface area contributed by atoms with Crippen LogP contribution in [0.5, 0.6) is 0 Å². The average molecular weight is 270 g/mol. The molecule has 0 unspecified atom stereocenters. The van der Waals surface area contributed by atoms with Gasteiger partial charge in [-0.05, 0) is 25.7 Å². The molecule has 0 bridgehead atoms. The Morgan fingerprint density at radius 2 is 1.47 bits per heavy atom. The molecule has 0 saturated carbocycles. The van der Waals surface area contributed by atoms with Crippen molar-refractivity contribution in [1.29, 1.82) is 0 Å². The molecule has 0 aromatic rings. The van der Waals surface area contributed by atoms with Crippen LogP contribution in [-0.4, -0.2) is 22.2 Å². The van der Waals surface area contributed by atoms with Gasteiger partial charge in [-0.15, -0.1) is 0 Å². The van der Waals surface area contributed by atoms with E-state index >= 15 is 0 Å². The van der Waals surface area contributed by atoms with Gasteiger partial charge in [0.05, 0.1) is 0 Å². The number of rotatable bonds is 12. The Labute approximate surface area is 115 Å². The molecule has 110 valence electrons. The molecule has 0 rings (SSSR count). The van der Waals surface area contributed by atoms with Crippen molar-refractivity contribution in [2.24, 2.45) is 0 Å². The first-order valence-corrected chi connectivity index (χ1v) is 7.22. The molecule has 0 aliphatic carbocycles. The normalized spacial score (nSPS) is 11.5. The summed E-state index contributed by atoms with van der Waals surface area (Å²) in [7, 11) is 0. The predicted octanol–water partition coefficient (Wildman–Crippen LogP) is 4.00. The highest BCUT2D eigenvalue weighted by Crippen LogP contribution is 2.13. The number of hydrogen-bond donors (Lipinski definition) is 2. The first kappa shape index (κ1) is 17.7. The molecule has 0 saturated heterocycles. The maximum atomic E-state index is 11.0. The molecule has 0 amide bonds. The van der Waals surface area contributed by atoms with Crippen LogP contribution in [0.25, 0.3) is 0 Å². The molecule has 0 aromatic carbocycles. The number of unbranched alkanes of at least 4 members (excludes halogenated alkanes) is 6. The van der Waals surface area contributed by atoms with Gasteiger partial charge in [0.2, 0.25) is 0 Å². The molecule has 4 heteroatoms. The van der Waals surface area contributed by atoms with Crippen molar-refractivity contribution < 1.29 is 19.8 Å². The highest BCUT2D eigenvalue weighted by Gasteiger charge is 2.06. The van der Waals surface area contributed by atoms with Gasteiger partial charge in [-0.1, -0.05) is 45.1 Å². The molecule has 0 aromatic heterocycles. The van der Waals surface area contributed by atoms with Crippen molar-refractivity contribution in [2.75, 3.05) is 0 Å². The lowest BCUT2D eigenvalue weighted by molar-refractivity contribution is -0.137. The van der Waals surface area contributed by atoms with E-state index in [1.54, 1.807) is 0 Å². The van der Waals surface area contributed by atoms with Crippen LogP contribution < -0.4 is 0 Å². The van der Waals surface area contributed by atoms with E-state index in [4.69, 9.17) is 10.2 Å². The minimum atomic E-state index is -0.804. The van der Waals surface area contributed by atoms with E-state index in [0.29, 0.717) is 18.4 Å². The van der Waals surface area contributed by atoms with Gasteiger partial charge in [-0.25, -0.2) is 4.79 Å². The quantitative estimate of drug-likeness (QED) is 0.415. The second kappa shape index (κ2) is 11.8. The molecule has 0 spiro atoms. The lowest BCUT2D eigenvalue weighted by Gasteiger charge is -2.03. The summed E-state index contributed by atoms with van der Waals surface area (Å²) in [6, 6.07) is 0. The van der Waals surface area contributed by atoms with Crippen LogP contribution in [0.15, 0.2) is 11.6 Å². The zero-order chi connectivity index (χ0) is 14.5. The smallest absolute Gasteiger partial charge is 0.331 e. The molecule has 0 aliphatic rings. The molecule has 0 heterocycles. The Morgan fingerprint density at radius 3 is 2.00 bits per heavy atom. The molecular weight excluding hydrogens is 244 g/mol. The van der Waals surface area contributed by atoms with Crippen molar-refractivity contribution in [3.63, 3.8) is 0 Å². The summed E-state index contributed by atoms with van der Waals surface area (Å²) in [5, 5.41) is 17.5. The topological polar surface area (TPSA) is 74.6 Å². The third-order valence-electron chi connectivity index (χ3n) is 3.06. The van der Waals surface area contributed by atoms with Crippen molar-refractivity contribution in [3.8, 4) is 0 Å². The van der Waals surface area contributed by atoms with Crippen LogP contribution in [0.3, 0.4) is 0 Å². The summed E-state index contributed by atoms with van der Waals surface area (Å²) in [4.78, 5) is 21.3. The summed E-state index contributed by atoms with van der Waals surface area (Å²) >= 11 is 0. The number of carboxylic acid groups (broad SMARTS) is 2. The van der Waals surface area contributed by atoms with E-state index in [0.717, 1.165) is 44.9 Å². The second-order valence-corrected chi connectivity index (χ2v) is 4.84. The first-order chi connectivity index (χ1) is 9.07. The Kier molecular flexibility index (Phi) is 10.9. The molecule has 0 aliphatic heterocycles. The molecule has 0 atom stereocenters. The Morgan fingerprint density at radius 1 is 0.895 bits per heavy atom. The maximum absolute atomic E-state index is 11.0. The Hall–Kier alpha value is -1.32. The van der Waals surface area contributed by atoms with Crippen LogP contribution in [0.4, 0.5) is 0 Å². The zero-order valence-corrected chi connectivity index (χ0v) is 11.9. The highest BCUT2D eigenvalue weighted by molar-refractivity contribution is 5.86. The number of allylic oxidation sites excluding steroid dienone is 1. The van der Waals surface area contributed by atoms with E-state index in [9.17, 15) is 9.59 Å². The van der Waals surface area contributed by atoms with Crippen LogP contribution in [0.2, 0.25) is 0 Å². The fourth-order valence-electron chi connectivity index (χ4n) is 1.90. The van der Waals surface area contributed by atoms with Gasteiger partial charge >= 0.3 is 11.9 Å². The lowest BCUT2D eigenvalue weighted by Crippen LogP contribution is -2.01. The third kappa shape index (κ3) is 11.5. The van der Waals surface area contributed by atoms with Crippen LogP contribution >= 0.6 is 0 Å². The standard InChI is InChI=1S/C15H26O4/c1-2-3-7-10-13(15(18)19)11-8-5-4-6-9-12-14(16)17/h10H,2-9,11-12H2,1H3,(H,16,17)(H,18,19). The summed E-state index contributed by atoms with van der Waals surface area (Å²) in [6.07, 6.45) is 10.1. The molecule has 19 heavy (non-hydrogen) atoms. The van der Waals surface area contributed by atoms with E-state index in [2.05, 4.69) is 6.92 Å². The van der Waals surface area contributed by atoms with Crippen molar-refractivity contribution >= 4 is 11.9 Å². The van der Waals surface area contributed by atoms with Crippen molar-refractivity contribution in [2.45, 2.75) is 71.1 Å². The van der Waals surface area contributed by atoms with Gasteiger partial charge in [-0.2, -0.15) is 0 Å². The molecule has 2 N–H and O–H groups in total. The van der Waals surface area contributed by atoms with Gasteiger partial charge < -0.3 is 10.2 Å². The van der Waals surface area contributed by atoms with Gasteiger partial charge in [0, 0.05) is 12.0 Å². The molecule has 0 fully saturated rings. The van der Waals surface area contributed by atoms with Crippen molar-refractivity contribution in [1.82, 2.24) is 0 Å². The van der Waals surface area contributed by atoms with Crippen molar-refractivity contribution in [3.05, 3.63) is 11.6 Å². The first-order valence-electron chi connectivity index (χ1n) is 7.22. The highest BCUT2D eigenvalue weighted by atomic mass is 16.4. The summed E-state index contributed by atoms with van der Waals surface area (Å²) in [5.74, 6) is -1.55. The van der Waals surface area contributed by atoms with Gasteiger partial charge in [-0.3, -0.25) is 4.79 Å². The summed E-state index contributed by atoms with van der Waals surface area (Å²) in [5.41, 5.74) is 0.527.